The van der Waals surface area contributed by atoms with Crippen molar-refractivity contribution in [1.29, 1.82) is 0 Å². The molecule has 0 bridgehead atoms. The van der Waals surface area contributed by atoms with E-state index in [1.54, 1.807) is 4.68 Å². The number of nitrogens with two attached hydrogens (primary N) is 1. The van der Waals surface area contributed by atoms with Crippen LogP contribution in [0.25, 0.3) is 0 Å². The molecule has 0 saturated heterocycles. The van der Waals surface area contributed by atoms with E-state index in [-0.39, 0.29) is 0 Å². The van der Waals surface area contributed by atoms with Gasteiger partial charge in [-0.05, 0) is 47.7 Å². The van der Waals surface area contributed by atoms with Gasteiger partial charge in [0, 0.05) is 15.6 Å². The third-order valence-corrected chi connectivity index (χ3v) is 3.98. The first-order valence-electron chi connectivity index (χ1n) is 5.45. The summed E-state index contributed by atoms with van der Waals surface area (Å²) in [5.74, 6) is 0.783. The zero-order chi connectivity index (χ0) is 14.2. The summed E-state index contributed by atoms with van der Waals surface area (Å²) in [6.45, 7) is 1.88. The zero-order valence-electron chi connectivity index (χ0n) is 10.4. The highest BCUT2D eigenvalue weighted by molar-refractivity contribution is 14.1. The van der Waals surface area contributed by atoms with E-state index in [1.165, 1.54) is 0 Å². The van der Waals surface area contributed by atoms with E-state index < -0.39 is 0 Å². The van der Waals surface area contributed by atoms with Crippen molar-refractivity contribution in [1.82, 2.24) is 9.78 Å². The van der Waals surface area contributed by atoms with Crippen LogP contribution in [0.2, 0.25) is 5.02 Å². The molecule has 1 heterocycles. The number of anilines is 2. The summed E-state index contributed by atoms with van der Waals surface area (Å²) >= 11 is 13.2. The van der Waals surface area contributed by atoms with Crippen molar-refractivity contribution in [3.63, 3.8) is 0 Å². The van der Waals surface area contributed by atoms with Crippen molar-refractivity contribution in [3.05, 3.63) is 38.0 Å². The second-order valence-corrected chi connectivity index (χ2v) is 6.08. The van der Waals surface area contributed by atoms with Crippen molar-refractivity contribution < 1.29 is 0 Å². The van der Waals surface area contributed by atoms with Gasteiger partial charge < -0.3 is 11.1 Å². The average Bonchev–Trinajstić information content (AvgIpc) is 2.57. The van der Waals surface area contributed by atoms with Crippen LogP contribution in [0.5, 0.6) is 0 Å². The minimum Gasteiger partial charge on any atom is -0.389 e. The molecular formula is C12H12ClIN4S. The van der Waals surface area contributed by atoms with Gasteiger partial charge in [-0.15, -0.1) is 0 Å². The highest BCUT2D eigenvalue weighted by Gasteiger charge is 2.16. The van der Waals surface area contributed by atoms with Crippen LogP contribution in [0, 0.1) is 10.5 Å². The fourth-order valence-corrected chi connectivity index (χ4v) is 3.07. The summed E-state index contributed by atoms with van der Waals surface area (Å²) in [5, 5.41) is 8.34. The Labute approximate surface area is 135 Å². The second-order valence-electron chi connectivity index (χ2n) is 4.05. The van der Waals surface area contributed by atoms with Gasteiger partial charge in [0.1, 0.15) is 10.8 Å². The maximum absolute atomic E-state index is 5.95. The Morgan fingerprint density at radius 1 is 1.53 bits per heavy atom. The fourth-order valence-electron chi connectivity index (χ4n) is 1.81. The molecule has 100 valence electrons. The minimum absolute atomic E-state index is 0.331. The molecule has 0 spiro atoms. The van der Waals surface area contributed by atoms with Crippen LogP contribution in [0.1, 0.15) is 11.3 Å². The number of benzene rings is 1. The lowest BCUT2D eigenvalue weighted by Crippen LogP contribution is -2.13. The van der Waals surface area contributed by atoms with E-state index in [0.29, 0.717) is 10.0 Å². The van der Waals surface area contributed by atoms with Crippen molar-refractivity contribution in [2.45, 2.75) is 6.92 Å². The van der Waals surface area contributed by atoms with Crippen LogP contribution in [-0.4, -0.2) is 14.8 Å². The number of nitrogens with one attached hydrogen (secondary N) is 1. The van der Waals surface area contributed by atoms with Gasteiger partial charge in [-0.3, -0.25) is 4.68 Å². The highest BCUT2D eigenvalue weighted by atomic mass is 127. The molecule has 4 nitrogen and oxygen atoms in total. The number of hydrogen-bond acceptors (Lipinski definition) is 3. The smallest absolute Gasteiger partial charge is 0.138 e. The van der Waals surface area contributed by atoms with Crippen LogP contribution >= 0.6 is 46.4 Å². The third kappa shape index (κ3) is 3.01. The largest absolute Gasteiger partial charge is 0.389 e. The molecule has 2 rings (SSSR count). The first-order valence-corrected chi connectivity index (χ1v) is 7.32. The van der Waals surface area contributed by atoms with Crippen LogP contribution in [0.3, 0.4) is 0 Å². The topological polar surface area (TPSA) is 55.9 Å². The molecule has 19 heavy (non-hydrogen) atoms. The van der Waals surface area contributed by atoms with Gasteiger partial charge in [-0.2, -0.15) is 5.10 Å². The SMILES string of the molecule is Cc1nn(C)c(Nc2ccc(Cl)cc2I)c1C(N)=S. The Hall–Kier alpha value is -0.860. The lowest BCUT2D eigenvalue weighted by molar-refractivity contribution is 0.765. The van der Waals surface area contributed by atoms with Gasteiger partial charge in [0.15, 0.2) is 0 Å². The number of hydrogen-bond donors (Lipinski definition) is 2. The molecule has 0 aliphatic heterocycles. The molecule has 7 heteroatoms. The Balaban J connectivity index is 2.46. The number of aryl methyl sites for hydroxylation is 2. The first kappa shape index (κ1) is 14.5. The van der Waals surface area contributed by atoms with Crippen molar-refractivity contribution >= 4 is 62.9 Å². The van der Waals surface area contributed by atoms with Crippen LogP contribution in [0.15, 0.2) is 18.2 Å². The van der Waals surface area contributed by atoms with Crippen LogP contribution < -0.4 is 11.1 Å². The molecule has 3 N–H and O–H groups in total. The lowest BCUT2D eigenvalue weighted by atomic mass is 10.2. The van der Waals surface area contributed by atoms with Crippen molar-refractivity contribution in [2.24, 2.45) is 12.8 Å². The molecule has 0 amide bonds. The molecule has 0 radical (unpaired) electrons. The van der Waals surface area contributed by atoms with E-state index in [0.717, 1.165) is 26.3 Å². The summed E-state index contributed by atoms with van der Waals surface area (Å²) in [7, 11) is 1.85. The quantitative estimate of drug-likeness (QED) is 0.606. The van der Waals surface area contributed by atoms with Gasteiger partial charge in [0.05, 0.1) is 16.9 Å². The molecule has 0 fully saturated rings. The normalized spacial score (nSPS) is 10.5. The van der Waals surface area contributed by atoms with E-state index in [2.05, 4.69) is 33.0 Å². The van der Waals surface area contributed by atoms with E-state index in [4.69, 9.17) is 29.6 Å². The predicted octanol–water partition coefficient (Wildman–Crippen LogP) is 3.36. The fraction of sp³-hybridized carbons (Fsp3) is 0.167. The Morgan fingerprint density at radius 3 is 2.79 bits per heavy atom. The van der Waals surface area contributed by atoms with Gasteiger partial charge in [0.25, 0.3) is 0 Å². The summed E-state index contributed by atoms with van der Waals surface area (Å²) in [6, 6.07) is 5.62. The standard InChI is InChI=1S/C12H12ClIN4S/c1-6-10(11(15)19)12(18(2)17-6)16-9-4-3-7(13)5-8(9)14/h3-5,16H,1-2H3,(H2,15,19). The van der Waals surface area contributed by atoms with E-state index in [1.807, 2.05) is 32.2 Å². The molecule has 0 unspecified atom stereocenters. The number of halogens is 2. The summed E-state index contributed by atoms with van der Waals surface area (Å²) < 4.78 is 2.74. The average molecular weight is 407 g/mol. The molecule has 2 aromatic rings. The zero-order valence-corrected chi connectivity index (χ0v) is 14.1. The predicted molar refractivity (Wildman–Crippen MR) is 91.3 cm³/mol. The number of aromatic nitrogens is 2. The van der Waals surface area contributed by atoms with Gasteiger partial charge >= 0.3 is 0 Å². The van der Waals surface area contributed by atoms with Crippen LogP contribution in [-0.2, 0) is 7.05 Å². The Bertz CT molecular complexity index is 653. The van der Waals surface area contributed by atoms with Gasteiger partial charge in [-0.1, -0.05) is 23.8 Å². The first-order chi connectivity index (χ1) is 8.90. The number of nitrogens with zero attached hydrogens (tertiary/aromatic N) is 2. The molecule has 0 aliphatic rings. The maximum Gasteiger partial charge on any atom is 0.138 e. The lowest BCUT2D eigenvalue weighted by Gasteiger charge is -2.11. The summed E-state index contributed by atoms with van der Waals surface area (Å²) in [4.78, 5) is 0.331. The maximum atomic E-state index is 5.95. The van der Waals surface area contributed by atoms with Crippen LogP contribution in [0.4, 0.5) is 11.5 Å². The molecule has 0 atom stereocenters. The summed E-state index contributed by atoms with van der Waals surface area (Å²) in [6.07, 6.45) is 0. The monoisotopic (exact) mass is 406 g/mol. The van der Waals surface area contributed by atoms with Crippen molar-refractivity contribution in [3.8, 4) is 0 Å². The third-order valence-electron chi connectivity index (χ3n) is 2.65. The number of thiocarbonyl (C=S) groups is 1. The Kier molecular flexibility index (Phi) is 4.32. The van der Waals surface area contributed by atoms with Crippen molar-refractivity contribution in [2.75, 3.05) is 5.32 Å². The van der Waals surface area contributed by atoms with E-state index >= 15 is 0 Å². The number of rotatable bonds is 3. The second kappa shape index (κ2) is 5.64. The molecule has 1 aromatic heterocycles. The molecular weight excluding hydrogens is 395 g/mol. The van der Waals surface area contributed by atoms with Gasteiger partial charge in [-0.25, -0.2) is 0 Å². The highest BCUT2D eigenvalue weighted by Crippen LogP contribution is 2.28. The Morgan fingerprint density at radius 2 is 2.21 bits per heavy atom. The van der Waals surface area contributed by atoms with E-state index in [9.17, 15) is 0 Å². The molecule has 0 aliphatic carbocycles. The summed E-state index contributed by atoms with van der Waals surface area (Å²) in [5.41, 5.74) is 8.27. The minimum atomic E-state index is 0.331. The molecule has 0 saturated carbocycles. The van der Waals surface area contributed by atoms with Gasteiger partial charge in [0.2, 0.25) is 0 Å². The molecule has 1 aromatic carbocycles.